The SMILES string of the molecule is Cc1[nH]c(-c2ccccc2N)nc1Cc1cccc(C(F)(F)F)c1. The third-order valence-corrected chi connectivity index (χ3v) is 3.83. The predicted molar refractivity (Wildman–Crippen MR) is 87.4 cm³/mol. The first-order chi connectivity index (χ1) is 11.3. The van der Waals surface area contributed by atoms with Crippen LogP contribution in [-0.2, 0) is 12.6 Å². The molecule has 3 aromatic rings. The molecule has 0 aliphatic heterocycles. The highest BCUT2D eigenvalue weighted by molar-refractivity contribution is 5.71. The van der Waals surface area contributed by atoms with E-state index in [0.717, 1.165) is 23.4 Å². The fourth-order valence-corrected chi connectivity index (χ4v) is 2.56. The molecule has 0 amide bonds. The van der Waals surface area contributed by atoms with Crippen molar-refractivity contribution in [3.63, 3.8) is 0 Å². The van der Waals surface area contributed by atoms with E-state index in [1.165, 1.54) is 6.07 Å². The second-order valence-electron chi connectivity index (χ2n) is 5.62. The van der Waals surface area contributed by atoms with Crippen molar-refractivity contribution in [2.45, 2.75) is 19.5 Å². The van der Waals surface area contributed by atoms with Gasteiger partial charge in [0.2, 0.25) is 0 Å². The van der Waals surface area contributed by atoms with Crippen LogP contribution in [0.2, 0.25) is 0 Å². The van der Waals surface area contributed by atoms with Crippen LogP contribution in [0.5, 0.6) is 0 Å². The van der Waals surface area contributed by atoms with E-state index in [1.54, 1.807) is 12.1 Å². The molecule has 0 atom stereocenters. The lowest BCUT2D eigenvalue weighted by atomic mass is 10.1. The molecule has 0 aliphatic rings. The molecule has 1 aromatic heterocycles. The number of alkyl halides is 3. The first-order valence-electron chi connectivity index (χ1n) is 7.41. The van der Waals surface area contributed by atoms with Crippen LogP contribution in [0.25, 0.3) is 11.4 Å². The minimum absolute atomic E-state index is 0.318. The molecule has 0 saturated carbocycles. The molecule has 0 radical (unpaired) electrons. The average molecular weight is 331 g/mol. The van der Waals surface area contributed by atoms with Crippen LogP contribution in [0.15, 0.2) is 48.5 Å². The summed E-state index contributed by atoms with van der Waals surface area (Å²) in [6.45, 7) is 1.85. The number of imidazole rings is 1. The zero-order chi connectivity index (χ0) is 17.3. The molecule has 0 spiro atoms. The van der Waals surface area contributed by atoms with Gasteiger partial charge in [0.15, 0.2) is 0 Å². The maximum Gasteiger partial charge on any atom is 0.416 e. The zero-order valence-corrected chi connectivity index (χ0v) is 13.0. The molecule has 0 bridgehead atoms. The van der Waals surface area contributed by atoms with Crippen LogP contribution in [-0.4, -0.2) is 9.97 Å². The topological polar surface area (TPSA) is 54.7 Å². The molecule has 2 aromatic carbocycles. The summed E-state index contributed by atoms with van der Waals surface area (Å²) >= 11 is 0. The number of nitrogens with zero attached hydrogens (tertiary/aromatic N) is 1. The van der Waals surface area contributed by atoms with Gasteiger partial charge in [0.25, 0.3) is 0 Å². The van der Waals surface area contributed by atoms with Gasteiger partial charge in [0.05, 0.1) is 11.3 Å². The standard InChI is InChI=1S/C18H16F3N3/c1-11-16(10-12-5-4-6-13(9-12)18(19,20)21)24-17(23-11)14-7-2-3-8-15(14)22/h2-9H,10,22H2,1H3,(H,23,24). The molecule has 0 fully saturated rings. The Balaban J connectivity index is 1.91. The molecule has 0 aliphatic carbocycles. The highest BCUT2D eigenvalue weighted by Crippen LogP contribution is 2.30. The van der Waals surface area contributed by atoms with E-state index in [0.29, 0.717) is 29.2 Å². The normalized spacial score (nSPS) is 11.7. The Bertz CT molecular complexity index is 866. The zero-order valence-electron chi connectivity index (χ0n) is 13.0. The van der Waals surface area contributed by atoms with E-state index in [9.17, 15) is 13.2 Å². The van der Waals surface area contributed by atoms with Gasteiger partial charge < -0.3 is 10.7 Å². The maximum atomic E-state index is 12.8. The third-order valence-electron chi connectivity index (χ3n) is 3.83. The van der Waals surface area contributed by atoms with E-state index in [1.807, 2.05) is 25.1 Å². The van der Waals surface area contributed by atoms with E-state index < -0.39 is 11.7 Å². The molecule has 24 heavy (non-hydrogen) atoms. The fourth-order valence-electron chi connectivity index (χ4n) is 2.56. The van der Waals surface area contributed by atoms with Gasteiger partial charge in [-0.3, -0.25) is 0 Å². The molecule has 3 N–H and O–H groups in total. The number of anilines is 1. The van der Waals surface area contributed by atoms with Crippen LogP contribution in [0.1, 0.15) is 22.5 Å². The van der Waals surface area contributed by atoms with Crippen molar-refractivity contribution in [3.8, 4) is 11.4 Å². The number of hydrogen-bond donors (Lipinski definition) is 2. The second kappa shape index (κ2) is 6.03. The van der Waals surface area contributed by atoms with Crippen molar-refractivity contribution >= 4 is 5.69 Å². The van der Waals surface area contributed by atoms with Crippen molar-refractivity contribution in [3.05, 3.63) is 71.0 Å². The van der Waals surface area contributed by atoms with Gasteiger partial charge in [0, 0.05) is 23.4 Å². The first-order valence-corrected chi connectivity index (χ1v) is 7.41. The lowest BCUT2D eigenvalue weighted by Crippen LogP contribution is -2.05. The van der Waals surface area contributed by atoms with Crippen LogP contribution in [0.4, 0.5) is 18.9 Å². The lowest BCUT2D eigenvalue weighted by Gasteiger charge is -2.08. The Hall–Kier alpha value is -2.76. The summed E-state index contributed by atoms with van der Waals surface area (Å²) in [4.78, 5) is 7.66. The minimum Gasteiger partial charge on any atom is -0.398 e. The van der Waals surface area contributed by atoms with E-state index >= 15 is 0 Å². The predicted octanol–water partition coefficient (Wildman–Crippen LogP) is 4.58. The third kappa shape index (κ3) is 3.27. The summed E-state index contributed by atoms with van der Waals surface area (Å²) in [6.07, 6.45) is -4.03. The summed E-state index contributed by atoms with van der Waals surface area (Å²) in [5, 5.41) is 0. The number of nitrogens with two attached hydrogens (primary N) is 1. The number of aryl methyl sites for hydroxylation is 1. The van der Waals surface area contributed by atoms with Crippen molar-refractivity contribution in [1.29, 1.82) is 0 Å². The molecule has 1 heterocycles. The summed E-state index contributed by atoms with van der Waals surface area (Å²) in [7, 11) is 0. The molecule has 3 nitrogen and oxygen atoms in total. The summed E-state index contributed by atoms with van der Waals surface area (Å²) in [5.41, 5.74) is 8.74. The average Bonchev–Trinajstić information content (AvgIpc) is 2.88. The highest BCUT2D eigenvalue weighted by Gasteiger charge is 2.30. The summed E-state index contributed by atoms with van der Waals surface area (Å²) in [5.74, 6) is 0.618. The second-order valence-corrected chi connectivity index (χ2v) is 5.62. The number of para-hydroxylation sites is 1. The van der Waals surface area contributed by atoms with Crippen LogP contribution in [0, 0.1) is 6.92 Å². The lowest BCUT2D eigenvalue weighted by molar-refractivity contribution is -0.137. The van der Waals surface area contributed by atoms with Gasteiger partial charge >= 0.3 is 6.18 Å². The number of hydrogen-bond acceptors (Lipinski definition) is 2. The Morgan fingerprint density at radius 2 is 1.83 bits per heavy atom. The number of nitrogen functional groups attached to an aromatic ring is 1. The fraction of sp³-hybridized carbons (Fsp3) is 0.167. The van der Waals surface area contributed by atoms with Crippen LogP contribution in [0.3, 0.4) is 0 Å². The van der Waals surface area contributed by atoms with Gasteiger partial charge in [0.1, 0.15) is 5.82 Å². The number of rotatable bonds is 3. The Morgan fingerprint density at radius 1 is 1.08 bits per heavy atom. The quantitative estimate of drug-likeness (QED) is 0.690. The Morgan fingerprint density at radius 3 is 2.54 bits per heavy atom. The summed E-state index contributed by atoms with van der Waals surface area (Å²) < 4.78 is 38.5. The number of aromatic amines is 1. The van der Waals surface area contributed by atoms with E-state index in [-0.39, 0.29) is 0 Å². The van der Waals surface area contributed by atoms with E-state index in [4.69, 9.17) is 5.73 Å². The molecular weight excluding hydrogens is 315 g/mol. The van der Waals surface area contributed by atoms with Gasteiger partial charge in [-0.2, -0.15) is 13.2 Å². The number of benzene rings is 2. The number of aromatic nitrogens is 2. The van der Waals surface area contributed by atoms with Crippen molar-refractivity contribution < 1.29 is 13.2 Å². The molecule has 0 saturated heterocycles. The highest BCUT2D eigenvalue weighted by atomic mass is 19.4. The molecule has 3 rings (SSSR count). The number of halogens is 3. The molecular formula is C18H16F3N3. The van der Waals surface area contributed by atoms with Crippen LogP contribution < -0.4 is 5.73 Å². The molecule has 124 valence electrons. The largest absolute Gasteiger partial charge is 0.416 e. The van der Waals surface area contributed by atoms with Crippen molar-refractivity contribution in [2.24, 2.45) is 0 Å². The van der Waals surface area contributed by atoms with E-state index in [2.05, 4.69) is 9.97 Å². The molecule has 6 heteroatoms. The Labute approximate surface area is 137 Å². The number of H-pyrrole nitrogens is 1. The van der Waals surface area contributed by atoms with Crippen molar-refractivity contribution in [2.75, 3.05) is 5.73 Å². The monoisotopic (exact) mass is 331 g/mol. The van der Waals surface area contributed by atoms with Gasteiger partial charge in [-0.25, -0.2) is 4.98 Å². The maximum absolute atomic E-state index is 12.8. The summed E-state index contributed by atoms with van der Waals surface area (Å²) in [6, 6.07) is 12.6. The van der Waals surface area contributed by atoms with Gasteiger partial charge in [-0.1, -0.05) is 30.3 Å². The van der Waals surface area contributed by atoms with Crippen molar-refractivity contribution in [1.82, 2.24) is 9.97 Å². The molecule has 0 unspecified atom stereocenters. The van der Waals surface area contributed by atoms with Gasteiger partial charge in [-0.05, 0) is 30.7 Å². The van der Waals surface area contributed by atoms with Gasteiger partial charge in [-0.15, -0.1) is 0 Å². The smallest absolute Gasteiger partial charge is 0.398 e. The Kier molecular flexibility index (Phi) is 4.05. The van der Waals surface area contributed by atoms with Crippen LogP contribution >= 0.6 is 0 Å². The number of nitrogens with one attached hydrogen (secondary N) is 1. The minimum atomic E-state index is -4.35. The first kappa shape index (κ1) is 16.1.